The van der Waals surface area contributed by atoms with Gasteiger partial charge in [0.25, 0.3) is 0 Å². The molecule has 1 heterocycles. The molecule has 0 aromatic rings. The van der Waals surface area contributed by atoms with Crippen LogP contribution in [-0.4, -0.2) is 30.4 Å². The van der Waals surface area contributed by atoms with Crippen LogP contribution in [0.3, 0.4) is 0 Å². The number of urea groups is 1. The number of rotatable bonds is 0. The van der Waals surface area contributed by atoms with Crippen molar-refractivity contribution in [1.29, 1.82) is 0 Å². The van der Waals surface area contributed by atoms with E-state index in [0.717, 1.165) is 25.7 Å². The Balaban J connectivity index is 2.57. The van der Waals surface area contributed by atoms with Crippen LogP contribution in [0.25, 0.3) is 0 Å². The minimum atomic E-state index is -0.267. The largest absolute Gasteiger partial charge is 0.341 e. The summed E-state index contributed by atoms with van der Waals surface area (Å²) in [6, 6.07) is -0.267. The first kappa shape index (κ1) is 11.0. The summed E-state index contributed by atoms with van der Waals surface area (Å²) in [5, 5.41) is 2.50. The second-order valence-corrected chi connectivity index (χ2v) is 3.62. The van der Waals surface area contributed by atoms with E-state index in [4.69, 9.17) is 0 Å². The Morgan fingerprint density at radius 2 is 1.86 bits per heavy atom. The predicted molar refractivity (Wildman–Crippen MR) is 53.9 cm³/mol. The van der Waals surface area contributed by atoms with Gasteiger partial charge in [0.2, 0.25) is 5.91 Å². The van der Waals surface area contributed by atoms with E-state index in [1.54, 1.807) is 7.05 Å². The molecule has 3 amide bonds. The van der Waals surface area contributed by atoms with Gasteiger partial charge in [-0.3, -0.25) is 9.69 Å². The summed E-state index contributed by atoms with van der Waals surface area (Å²) in [6.45, 7) is 0.568. The van der Waals surface area contributed by atoms with Gasteiger partial charge in [-0.1, -0.05) is 19.3 Å². The molecule has 1 rings (SSSR count). The summed E-state index contributed by atoms with van der Waals surface area (Å²) in [4.78, 5) is 24.3. The van der Waals surface area contributed by atoms with Gasteiger partial charge in [0.05, 0.1) is 0 Å². The lowest BCUT2D eigenvalue weighted by molar-refractivity contribution is -0.128. The van der Waals surface area contributed by atoms with Crippen LogP contribution < -0.4 is 5.32 Å². The fourth-order valence-electron chi connectivity index (χ4n) is 1.69. The smallest absolute Gasteiger partial charge is 0.323 e. The minimum Gasteiger partial charge on any atom is -0.341 e. The van der Waals surface area contributed by atoms with E-state index in [-0.39, 0.29) is 11.9 Å². The van der Waals surface area contributed by atoms with Crippen molar-refractivity contribution in [3.8, 4) is 0 Å². The molecule has 0 bridgehead atoms. The Kier molecular flexibility index (Phi) is 4.43. The van der Waals surface area contributed by atoms with E-state index in [1.165, 1.54) is 11.3 Å². The molecule has 1 saturated heterocycles. The van der Waals surface area contributed by atoms with Gasteiger partial charge in [0, 0.05) is 20.0 Å². The Morgan fingerprint density at radius 1 is 1.21 bits per heavy atom. The fourth-order valence-corrected chi connectivity index (χ4v) is 1.69. The number of nitrogens with zero attached hydrogens (tertiary/aromatic N) is 1. The molecule has 0 radical (unpaired) electrons. The molecule has 0 atom stereocenters. The molecule has 4 nitrogen and oxygen atoms in total. The van der Waals surface area contributed by atoms with E-state index >= 15 is 0 Å². The Bertz CT molecular complexity index is 216. The maximum Gasteiger partial charge on any atom is 0.323 e. The van der Waals surface area contributed by atoms with Gasteiger partial charge in [0.15, 0.2) is 0 Å². The lowest BCUT2D eigenvalue weighted by Crippen LogP contribution is -2.42. The lowest BCUT2D eigenvalue weighted by atomic mass is 10.1. The van der Waals surface area contributed by atoms with Crippen molar-refractivity contribution in [3.63, 3.8) is 0 Å². The zero-order valence-corrected chi connectivity index (χ0v) is 8.71. The molecule has 0 aromatic heterocycles. The first-order valence-corrected chi connectivity index (χ1v) is 5.28. The number of hydrogen-bond donors (Lipinski definition) is 1. The first-order chi connectivity index (χ1) is 6.75. The number of carbonyl (C=O) groups excluding carboxylic acids is 2. The highest BCUT2D eigenvalue weighted by Gasteiger charge is 2.19. The number of nitrogens with one attached hydrogen (secondary N) is 1. The average molecular weight is 198 g/mol. The van der Waals surface area contributed by atoms with Crippen LogP contribution in [-0.2, 0) is 4.79 Å². The van der Waals surface area contributed by atoms with E-state index in [0.29, 0.717) is 13.0 Å². The van der Waals surface area contributed by atoms with Crippen LogP contribution in [0.5, 0.6) is 0 Å². The molecular formula is C10H18N2O2. The molecule has 1 fully saturated rings. The van der Waals surface area contributed by atoms with Crippen LogP contribution in [0.15, 0.2) is 0 Å². The minimum absolute atomic E-state index is 0.0359. The van der Waals surface area contributed by atoms with Crippen molar-refractivity contribution >= 4 is 11.9 Å². The molecule has 0 unspecified atom stereocenters. The summed E-state index contributed by atoms with van der Waals surface area (Å²) >= 11 is 0. The van der Waals surface area contributed by atoms with E-state index in [9.17, 15) is 9.59 Å². The maximum absolute atomic E-state index is 11.6. The third-order valence-electron chi connectivity index (χ3n) is 2.53. The highest BCUT2D eigenvalue weighted by molar-refractivity contribution is 5.94. The molecule has 1 aliphatic rings. The highest BCUT2D eigenvalue weighted by atomic mass is 16.2. The van der Waals surface area contributed by atoms with Crippen LogP contribution >= 0.6 is 0 Å². The van der Waals surface area contributed by atoms with Gasteiger partial charge in [-0.15, -0.1) is 0 Å². The number of imide groups is 1. The topological polar surface area (TPSA) is 49.4 Å². The van der Waals surface area contributed by atoms with Crippen LogP contribution in [0.4, 0.5) is 4.79 Å². The van der Waals surface area contributed by atoms with Gasteiger partial charge in [-0.2, -0.15) is 0 Å². The second-order valence-electron chi connectivity index (χ2n) is 3.62. The SMILES string of the molecule is CNC(=O)N1CCCCCCCC1=O. The van der Waals surface area contributed by atoms with Crippen LogP contribution in [0.2, 0.25) is 0 Å². The zero-order chi connectivity index (χ0) is 10.4. The first-order valence-electron chi connectivity index (χ1n) is 5.28. The molecule has 0 saturated carbocycles. The zero-order valence-electron chi connectivity index (χ0n) is 8.71. The van der Waals surface area contributed by atoms with Crippen molar-refractivity contribution in [2.75, 3.05) is 13.6 Å². The summed E-state index contributed by atoms with van der Waals surface area (Å²) in [6.07, 6.45) is 5.74. The van der Waals surface area contributed by atoms with Crippen molar-refractivity contribution in [2.45, 2.75) is 38.5 Å². The average Bonchev–Trinajstić information content (AvgIpc) is 2.29. The standard InChI is InChI=1S/C10H18N2O2/c1-11-10(14)12-8-6-4-2-3-5-7-9(12)13/h2-8H2,1H3,(H,11,14). The molecule has 80 valence electrons. The predicted octanol–water partition coefficient (Wildman–Crippen LogP) is 1.51. The quantitative estimate of drug-likeness (QED) is 0.641. The second kappa shape index (κ2) is 5.62. The molecule has 14 heavy (non-hydrogen) atoms. The van der Waals surface area contributed by atoms with Gasteiger partial charge in [-0.25, -0.2) is 4.79 Å². The van der Waals surface area contributed by atoms with Crippen molar-refractivity contribution in [2.24, 2.45) is 0 Å². The van der Waals surface area contributed by atoms with Crippen molar-refractivity contribution in [1.82, 2.24) is 10.2 Å². The summed E-state index contributed by atoms with van der Waals surface area (Å²) in [7, 11) is 1.56. The van der Waals surface area contributed by atoms with Crippen LogP contribution in [0.1, 0.15) is 38.5 Å². The van der Waals surface area contributed by atoms with Crippen LogP contribution in [0, 0.1) is 0 Å². The monoisotopic (exact) mass is 198 g/mol. The molecule has 4 heteroatoms. The Labute approximate surface area is 84.7 Å². The fraction of sp³-hybridized carbons (Fsp3) is 0.800. The number of hydrogen-bond acceptors (Lipinski definition) is 2. The molecule has 0 spiro atoms. The van der Waals surface area contributed by atoms with Gasteiger partial charge < -0.3 is 5.32 Å². The molecule has 0 aromatic carbocycles. The summed E-state index contributed by atoms with van der Waals surface area (Å²) < 4.78 is 0. The number of amides is 3. The molecule has 1 N–H and O–H groups in total. The highest BCUT2D eigenvalue weighted by Crippen LogP contribution is 2.12. The lowest BCUT2D eigenvalue weighted by Gasteiger charge is -2.19. The molecular weight excluding hydrogens is 180 g/mol. The third kappa shape index (κ3) is 3.01. The maximum atomic E-state index is 11.6. The van der Waals surface area contributed by atoms with Crippen molar-refractivity contribution < 1.29 is 9.59 Å². The van der Waals surface area contributed by atoms with E-state index in [1.807, 2.05) is 0 Å². The Morgan fingerprint density at radius 3 is 2.57 bits per heavy atom. The van der Waals surface area contributed by atoms with Gasteiger partial charge in [0.1, 0.15) is 0 Å². The Hall–Kier alpha value is -1.06. The molecule has 1 aliphatic heterocycles. The normalized spacial score (nSPS) is 19.5. The molecule has 0 aliphatic carbocycles. The van der Waals surface area contributed by atoms with Gasteiger partial charge in [-0.05, 0) is 12.8 Å². The van der Waals surface area contributed by atoms with E-state index in [2.05, 4.69) is 5.32 Å². The van der Waals surface area contributed by atoms with Gasteiger partial charge >= 0.3 is 6.03 Å². The third-order valence-corrected chi connectivity index (χ3v) is 2.53. The number of carbonyl (C=O) groups is 2. The summed E-state index contributed by atoms with van der Waals surface area (Å²) in [5.41, 5.74) is 0. The van der Waals surface area contributed by atoms with E-state index < -0.39 is 0 Å². The van der Waals surface area contributed by atoms with Crippen molar-refractivity contribution in [3.05, 3.63) is 0 Å². The summed E-state index contributed by atoms with van der Waals surface area (Å²) in [5.74, 6) is -0.0359.